The molecular formula is C35H51FN8O5. The Kier molecular flexibility index (Phi) is 10.3. The number of aryl methyl sites for hydroxylation is 1. The second-order valence-corrected chi connectivity index (χ2v) is 13.9. The average Bonchev–Trinajstić information content (AvgIpc) is 3.85. The van der Waals surface area contributed by atoms with Gasteiger partial charge in [-0.1, -0.05) is 44.8 Å². The lowest BCUT2D eigenvalue weighted by molar-refractivity contribution is -0.136. The molecule has 2 saturated carbocycles. The zero-order chi connectivity index (χ0) is 37.9. The van der Waals surface area contributed by atoms with Gasteiger partial charge in [-0.2, -0.15) is 0 Å². The second-order valence-electron chi connectivity index (χ2n) is 13.9. The van der Waals surface area contributed by atoms with E-state index in [0.29, 0.717) is 63.0 Å². The van der Waals surface area contributed by atoms with Crippen LogP contribution in [0.15, 0.2) is 22.8 Å². The van der Waals surface area contributed by atoms with E-state index >= 15 is 4.39 Å². The summed E-state index contributed by atoms with van der Waals surface area (Å²) in [6, 6.07) is 2.05. The number of hydrogen-bond donors (Lipinski definition) is 3. The third-order valence-corrected chi connectivity index (χ3v) is 10.4. The van der Waals surface area contributed by atoms with E-state index in [1.807, 2.05) is 14.0 Å². The summed E-state index contributed by atoms with van der Waals surface area (Å²) < 4.78 is 44.1. The molecule has 1 saturated heterocycles. The topological polar surface area (TPSA) is 153 Å². The highest BCUT2D eigenvalue weighted by molar-refractivity contribution is 6.01. The van der Waals surface area contributed by atoms with Gasteiger partial charge in [0.25, 0.3) is 5.91 Å². The monoisotopic (exact) mass is 685 g/mol. The maximum atomic E-state index is 15.9. The lowest BCUT2D eigenvalue weighted by Gasteiger charge is -2.40. The minimum absolute atomic E-state index is 0.0634. The first-order valence-corrected chi connectivity index (χ1v) is 17.3. The van der Waals surface area contributed by atoms with Crippen LogP contribution in [0.4, 0.5) is 14.9 Å². The molecule has 1 aliphatic heterocycles. The summed E-state index contributed by atoms with van der Waals surface area (Å²) in [5.74, 6) is -3.92. The molecule has 2 aromatic rings. The van der Waals surface area contributed by atoms with Crippen molar-refractivity contribution in [3.8, 4) is 0 Å². The number of carbonyl (C=O) groups is 4. The van der Waals surface area contributed by atoms with Crippen molar-refractivity contribution in [2.75, 3.05) is 39.0 Å². The first kappa shape index (κ1) is 32.2. The zero-order valence-corrected chi connectivity index (χ0v) is 29.0. The van der Waals surface area contributed by atoms with Gasteiger partial charge in [-0.25, -0.2) is 13.8 Å². The van der Waals surface area contributed by atoms with Crippen LogP contribution in [0.3, 0.4) is 0 Å². The van der Waals surface area contributed by atoms with Crippen LogP contribution >= 0.6 is 0 Å². The molecule has 0 radical (unpaired) electrons. The van der Waals surface area contributed by atoms with E-state index in [1.54, 1.807) is 36.8 Å². The summed E-state index contributed by atoms with van der Waals surface area (Å²) in [5.41, 5.74) is 0.560. The van der Waals surface area contributed by atoms with Gasteiger partial charge < -0.3 is 30.7 Å². The van der Waals surface area contributed by atoms with Crippen molar-refractivity contribution in [3.05, 3.63) is 41.0 Å². The number of benzene rings is 1. The fourth-order valence-electron chi connectivity index (χ4n) is 6.70. The van der Waals surface area contributed by atoms with Crippen molar-refractivity contribution >= 4 is 29.4 Å². The smallest absolute Gasteiger partial charge is 0.318 e. The van der Waals surface area contributed by atoms with Crippen molar-refractivity contribution < 1.29 is 32.3 Å². The summed E-state index contributed by atoms with van der Waals surface area (Å²) >= 11 is 0. The first-order chi connectivity index (χ1) is 24.6. The fraction of sp³-hybridized carbons (Fsp3) is 0.657. The lowest BCUT2D eigenvalue weighted by atomic mass is 9.79. The summed E-state index contributed by atoms with van der Waals surface area (Å²) in [6.07, 6.45) is 3.57. The highest BCUT2D eigenvalue weighted by Gasteiger charge is 2.38. The summed E-state index contributed by atoms with van der Waals surface area (Å²) in [4.78, 5) is 59.7. The zero-order valence-electron chi connectivity index (χ0n) is 32.0. The first-order valence-electron chi connectivity index (χ1n) is 18.8. The van der Waals surface area contributed by atoms with E-state index in [2.05, 4.69) is 31.2 Å². The Balaban J connectivity index is 1.34. The molecule has 4 atom stereocenters. The molecule has 3 N–H and O–H groups in total. The Bertz CT molecular complexity index is 1610. The predicted octanol–water partition coefficient (Wildman–Crippen LogP) is 3.77. The number of amides is 5. The van der Waals surface area contributed by atoms with Gasteiger partial charge in [0, 0.05) is 48.8 Å². The molecule has 13 nitrogen and oxygen atoms in total. The third-order valence-electron chi connectivity index (χ3n) is 10.4. The standard InChI is InChI=1S/C35H51FN8O5/c1-7-27-31(41-49-40-27)33(46)38-30(23-10-8-20(2)9-11-23)32(45)37-28-15-12-24(18-26(28)36)22(4)29(39-35(48)43(6)25-13-14-25)34(47)44-17-16-42(5)21(3)19-44/h12,15,18,20-23,25,29-30H,7-11,13-14,16-17,19H2,1-6H3,(H,37,45)(H,38,46)(H,39,48)/t20?,21-,22+,23?,29-,30?/m1/s1/i2D3. The second kappa shape index (κ2) is 15.6. The SMILES string of the molecule is [2H]C([2H])([2H])C1CCC(C(NC(=O)c2nonc2CC)C(=O)Nc2ccc([C@H](C)[C@@H](NC(=O)N(C)C3CC3)C(=O)N3CCN(C)[C@H](C)C3)cc2F)CC1. The Labute approximate surface area is 291 Å². The number of aromatic nitrogens is 2. The van der Waals surface area contributed by atoms with Crippen LogP contribution in [0.5, 0.6) is 0 Å². The summed E-state index contributed by atoms with van der Waals surface area (Å²) in [7, 11) is 3.70. The van der Waals surface area contributed by atoms with Crippen molar-refractivity contribution in [2.24, 2.45) is 11.8 Å². The minimum Gasteiger partial charge on any atom is -0.338 e. The molecule has 2 heterocycles. The minimum atomic E-state index is -2.13. The number of piperazine rings is 1. The van der Waals surface area contributed by atoms with Crippen LogP contribution in [-0.2, 0) is 16.0 Å². The van der Waals surface area contributed by atoms with Crippen molar-refractivity contribution in [2.45, 2.75) is 103 Å². The van der Waals surface area contributed by atoms with Crippen LogP contribution in [0.2, 0.25) is 0 Å². The molecule has 268 valence electrons. The van der Waals surface area contributed by atoms with Crippen LogP contribution in [-0.4, -0.2) is 107 Å². The van der Waals surface area contributed by atoms with Crippen LogP contribution < -0.4 is 16.0 Å². The largest absolute Gasteiger partial charge is 0.338 e. The lowest BCUT2D eigenvalue weighted by Crippen LogP contribution is -2.59. The molecule has 1 unspecified atom stereocenters. The Hall–Kier alpha value is -4.07. The number of rotatable bonds is 11. The molecule has 0 spiro atoms. The summed E-state index contributed by atoms with van der Waals surface area (Å²) in [5, 5.41) is 15.7. The average molecular weight is 686 g/mol. The third kappa shape index (κ3) is 8.57. The van der Waals surface area contributed by atoms with Gasteiger partial charge in [0.05, 0.1) is 5.69 Å². The molecule has 3 fully saturated rings. The van der Waals surface area contributed by atoms with Gasteiger partial charge >= 0.3 is 6.03 Å². The van der Waals surface area contributed by atoms with E-state index < -0.39 is 54.3 Å². The van der Waals surface area contributed by atoms with Gasteiger partial charge in [0.2, 0.25) is 11.8 Å². The Morgan fingerprint density at radius 1 is 1.10 bits per heavy atom. The van der Waals surface area contributed by atoms with Crippen LogP contribution in [0.25, 0.3) is 0 Å². The number of carbonyl (C=O) groups excluding carboxylic acids is 4. The molecule has 1 aromatic heterocycles. The molecular weight excluding hydrogens is 631 g/mol. The normalized spacial score (nSPS) is 24.4. The molecule has 3 aliphatic rings. The Morgan fingerprint density at radius 3 is 2.47 bits per heavy atom. The van der Waals surface area contributed by atoms with Crippen LogP contribution in [0.1, 0.15) is 97.9 Å². The van der Waals surface area contributed by atoms with E-state index in [9.17, 15) is 19.2 Å². The molecule has 5 rings (SSSR count). The molecule has 5 amide bonds. The number of nitrogens with zero attached hydrogens (tertiary/aromatic N) is 5. The maximum Gasteiger partial charge on any atom is 0.318 e. The van der Waals surface area contributed by atoms with Gasteiger partial charge in [0.1, 0.15) is 23.6 Å². The molecule has 0 bridgehead atoms. The van der Waals surface area contributed by atoms with E-state index in [0.717, 1.165) is 12.8 Å². The highest BCUT2D eigenvalue weighted by atomic mass is 19.1. The molecule has 2 aliphatic carbocycles. The van der Waals surface area contributed by atoms with Gasteiger partial charge in [0.15, 0.2) is 5.69 Å². The fourth-order valence-corrected chi connectivity index (χ4v) is 6.70. The number of urea groups is 1. The van der Waals surface area contributed by atoms with Gasteiger partial charge in [-0.15, -0.1) is 0 Å². The van der Waals surface area contributed by atoms with Crippen LogP contribution in [0, 0.1) is 17.7 Å². The molecule has 1 aromatic carbocycles. The van der Waals surface area contributed by atoms with Crippen molar-refractivity contribution in [1.82, 2.24) is 35.6 Å². The number of halogens is 1. The number of nitrogens with one attached hydrogen (secondary N) is 3. The highest BCUT2D eigenvalue weighted by Crippen LogP contribution is 2.32. The quantitative estimate of drug-likeness (QED) is 0.323. The van der Waals surface area contributed by atoms with E-state index in [1.165, 1.54) is 12.1 Å². The van der Waals surface area contributed by atoms with E-state index in [4.69, 9.17) is 8.74 Å². The number of likely N-dealkylation sites (N-methyl/N-ethyl adjacent to an activating group) is 1. The van der Waals surface area contributed by atoms with E-state index in [-0.39, 0.29) is 35.4 Å². The number of anilines is 1. The number of hydrogen-bond acceptors (Lipinski definition) is 8. The van der Waals surface area contributed by atoms with Crippen molar-refractivity contribution in [3.63, 3.8) is 0 Å². The predicted molar refractivity (Wildman–Crippen MR) is 181 cm³/mol. The van der Waals surface area contributed by atoms with Gasteiger partial charge in [-0.3, -0.25) is 14.4 Å². The summed E-state index contributed by atoms with van der Waals surface area (Å²) in [6.45, 7) is 5.12. The maximum absolute atomic E-state index is 15.9. The molecule has 49 heavy (non-hydrogen) atoms. The van der Waals surface area contributed by atoms with Gasteiger partial charge in [-0.05, 0) is 80.8 Å². The Morgan fingerprint density at radius 2 is 1.84 bits per heavy atom. The van der Waals surface area contributed by atoms with Crippen molar-refractivity contribution in [1.29, 1.82) is 0 Å². The molecule has 14 heteroatoms.